The summed E-state index contributed by atoms with van der Waals surface area (Å²) >= 11 is 0. The molecule has 4 heteroatoms. The molecule has 0 spiro atoms. The van der Waals surface area contributed by atoms with Crippen LogP contribution in [0.5, 0.6) is 0 Å². The van der Waals surface area contributed by atoms with Gasteiger partial charge < -0.3 is 14.6 Å². The van der Waals surface area contributed by atoms with Crippen LogP contribution >= 0.6 is 0 Å². The number of fused-ring (bicyclic) bond motifs is 1. The fraction of sp³-hybridized carbons (Fsp3) is 0.562. The van der Waals surface area contributed by atoms with Crippen molar-refractivity contribution >= 4 is 16.8 Å². The molecule has 1 aliphatic rings. The third kappa shape index (κ3) is 2.66. The quantitative estimate of drug-likeness (QED) is 0.929. The van der Waals surface area contributed by atoms with E-state index in [-0.39, 0.29) is 0 Å². The Morgan fingerprint density at radius 3 is 3.05 bits per heavy atom. The fourth-order valence-electron chi connectivity index (χ4n) is 2.97. The normalized spacial score (nSPS) is 19.6. The lowest BCUT2D eigenvalue weighted by atomic mass is 10.0. The molecular formula is C16H23N3O. The maximum absolute atomic E-state index is 5.50. The van der Waals surface area contributed by atoms with Gasteiger partial charge in [0.05, 0.1) is 11.6 Å². The van der Waals surface area contributed by atoms with Gasteiger partial charge in [0, 0.05) is 24.8 Å². The Kier molecular flexibility index (Phi) is 3.92. The molecule has 1 N–H and O–H groups in total. The number of anilines is 1. The predicted octanol–water partition coefficient (Wildman–Crippen LogP) is 3.18. The second kappa shape index (κ2) is 5.83. The van der Waals surface area contributed by atoms with Gasteiger partial charge in [0.15, 0.2) is 0 Å². The van der Waals surface area contributed by atoms with Gasteiger partial charge in [-0.3, -0.25) is 0 Å². The first-order chi connectivity index (χ1) is 9.75. The molecule has 2 aromatic rings. The second-order valence-electron chi connectivity index (χ2n) is 5.86. The van der Waals surface area contributed by atoms with Crippen LogP contribution in [0.2, 0.25) is 0 Å². The zero-order chi connectivity index (χ0) is 13.9. The summed E-state index contributed by atoms with van der Waals surface area (Å²) < 4.78 is 5.50. The Morgan fingerprint density at radius 2 is 2.30 bits per heavy atom. The molecule has 1 atom stereocenters. The predicted molar refractivity (Wildman–Crippen MR) is 82.1 cm³/mol. The minimum absolute atomic E-state index is 0.423. The van der Waals surface area contributed by atoms with Crippen LogP contribution in [0.1, 0.15) is 33.1 Å². The van der Waals surface area contributed by atoms with Crippen molar-refractivity contribution in [3.63, 3.8) is 0 Å². The standard InChI is InChI=1S/C16H23N3O/c1-12(2)19(11-13-5-3-4-8-17-13)16-14-7-10-20-15(14)6-9-18-16/h6-7,9-10,12-13,17H,3-5,8,11H2,1-2H3. The van der Waals surface area contributed by atoms with Crippen molar-refractivity contribution in [2.24, 2.45) is 0 Å². The minimum atomic E-state index is 0.423. The Balaban J connectivity index is 1.87. The molecule has 0 radical (unpaired) electrons. The summed E-state index contributed by atoms with van der Waals surface area (Å²) in [6.45, 7) is 6.60. The number of hydrogen-bond donors (Lipinski definition) is 1. The molecule has 0 bridgehead atoms. The van der Waals surface area contributed by atoms with Crippen LogP contribution in [0.4, 0.5) is 5.82 Å². The van der Waals surface area contributed by atoms with E-state index in [0.29, 0.717) is 12.1 Å². The SMILES string of the molecule is CC(C)N(CC1CCCCN1)c1nccc2occc12. The molecule has 0 aromatic carbocycles. The van der Waals surface area contributed by atoms with Gasteiger partial charge in [-0.2, -0.15) is 0 Å². The van der Waals surface area contributed by atoms with Crippen LogP contribution in [0.25, 0.3) is 11.0 Å². The Bertz CT molecular complexity index is 558. The van der Waals surface area contributed by atoms with Crippen molar-refractivity contribution in [3.05, 3.63) is 24.6 Å². The van der Waals surface area contributed by atoms with Crippen molar-refractivity contribution in [2.75, 3.05) is 18.0 Å². The van der Waals surface area contributed by atoms with Crippen LogP contribution in [-0.4, -0.2) is 30.2 Å². The Morgan fingerprint density at radius 1 is 1.40 bits per heavy atom. The van der Waals surface area contributed by atoms with Crippen molar-refractivity contribution < 1.29 is 4.42 Å². The van der Waals surface area contributed by atoms with E-state index in [2.05, 4.69) is 29.0 Å². The van der Waals surface area contributed by atoms with Crippen LogP contribution in [0, 0.1) is 0 Å². The molecule has 1 fully saturated rings. The first-order valence-electron chi connectivity index (χ1n) is 7.58. The second-order valence-corrected chi connectivity index (χ2v) is 5.86. The molecule has 0 amide bonds. The highest BCUT2D eigenvalue weighted by Crippen LogP contribution is 2.27. The Labute approximate surface area is 120 Å². The summed E-state index contributed by atoms with van der Waals surface area (Å²) in [4.78, 5) is 6.99. The van der Waals surface area contributed by atoms with Gasteiger partial charge in [0.25, 0.3) is 0 Å². The summed E-state index contributed by atoms with van der Waals surface area (Å²) in [5.74, 6) is 1.04. The number of aromatic nitrogens is 1. The molecule has 0 aliphatic carbocycles. The van der Waals surface area contributed by atoms with Crippen LogP contribution < -0.4 is 10.2 Å². The number of furan rings is 1. The Hall–Kier alpha value is -1.55. The number of nitrogens with zero attached hydrogens (tertiary/aromatic N) is 2. The highest BCUT2D eigenvalue weighted by molar-refractivity contribution is 5.88. The number of hydrogen-bond acceptors (Lipinski definition) is 4. The first-order valence-corrected chi connectivity index (χ1v) is 7.58. The number of pyridine rings is 1. The van der Waals surface area contributed by atoms with E-state index >= 15 is 0 Å². The number of nitrogens with one attached hydrogen (secondary N) is 1. The summed E-state index contributed by atoms with van der Waals surface area (Å²) in [5.41, 5.74) is 0.914. The average molecular weight is 273 g/mol. The lowest BCUT2D eigenvalue weighted by molar-refractivity contribution is 0.393. The van der Waals surface area contributed by atoms with E-state index in [0.717, 1.165) is 29.9 Å². The minimum Gasteiger partial charge on any atom is -0.464 e. The summed E-state index contributed by atoms with van der Waals surface area (Å²) in [6.07, 6.45) is 7.46. The van der Waals surface area contributed by atoms with Gasteiger partial charge in [0.1, 0.15) is 11.4 Å². The molecule has 1 saturated heterocycles. The topological polar surface area (TPSA) is 41.3 Å². The summed E-state index contributed by atoms with van der Waals surface area (Å²) in [7, 11) is 0. The monoisotopic (exact) mass is 273 g/mol. The van der Waals surface area contributed by atoms with Gasteiger partial charge in [-0.15, -0.1) is 0 Å². The number of piperidine rings is 1. The molecule has 2 aromatic heterocycles. The molecule has 108 valence electrons. The zero-order valence-corrected chi connectivity index (χ0v) is 12.3. The highest BCUT2D eigenvalue weighted by Gasteiger charge is 2.21. The number of rotatable bonds is 4. The van der Waals surface area contributed by atoms with Gasteiger partial charge in [0.2, 0.25) is 0 Å². The molecule has 4 nitrogen and oxygen atoms in total. The fourth-order valence-corrected chi connectivity index (χ4v) is 2.97. The van der Waals surface area contributed by atoms with Crippen LogP contribution in [-0.2, 0) is 0 Å². The smallest absolute Gasteiger partial charge is 0.139 e. The molecule has 3 rings (SSSR count). The molecule has 3 heterocycles. The maximum atomic E-state index is 5.50. The molecule has 20 heavy (non-hydrogen) atoms. The van der Waals surface area contributed by atoms with Gasteiger partial charge in [-0.1, -0.05) is 6.42 Å². The van der Waals surface area contributed by atoms with E-state index in [1.54, 1.807) is 6.26 Å². The van der Waals surface area contributed by atoms with Gasteiger partial charge >= 0.3 is 0 Å². The summed E-state index contributed by atoms with van der Waals surface area (Å²) in [6, 6.07) is 4.93. The lowest BCUT2D eigenvalue weighted by Crippen LogP contribution is -2.46. The van der Waals surface area contributed by atoms with E-state index in [1.807, 2.05) is 18.3 Å². The highest BCUT2D eigenvalue weighted by atomic mass is 16.3. The lowest BCUT2D eigenvalue weighted by Gasteiger charge is -2.34. The summed E-state index contributed by atoms with van der Waals surface area (Å²) in [5, 5.41) is 4.73. The van der Waals surface area contributed by atoms with E-state index in [9.17, 15) is 0 Å². The van der Waals surface area contributed by atoms with Crippen molar-refractivity contribution in [1.29, 1.82) is 0 Å². The largest absolute Gasteiger partial charge is 0.464 e. The zero-order valence-electron chi connectivity index (χ0n) is 12.3. The molecule has 1 unspecified atom stereocenters. The van der Waals surface area contributed by atoms with E-state index in [4.69, 9.17) is 4.42 Å². The van der Waals surface area contributed by atoms with Crippen LogP contribution in [0.3, 0.4) is 0 Å². The van der Waals surface area contributed by atoms with Crippen molar-refractivity contribution in [3.8, 4) is 0 Å². The van der Waals surface area contributed by atoms with E-state index in [1.165, 1.54) is 19.3 Å². The third-order valence-corrected chi connectivity index (χ3v) is 4.08. The average Bonchev–Trinajstić information content (AvgIpc) is 2.94. The van der Waals surface area contributed by atoms with Crippen LogP contribution in [0.15, 0.2) is 29.0 Å². The van der Waals surface area contributed by atoms with E-state index < -0.39 is 0 Å². The maximum Gasteiger partial charge on any atom is 0.139 e. The molecular weight excluding hydrogens is 250 g/mol. The molecule has 0 saturated carbocycles. The van der Waals surface area contributed by atoms with Gasteiger partial charge in [-0.05, 0) is 45.4 Å². The first kappa shape index (κ1) is 13.4. The third-order valence-electron chi connectivity index (χ3n) is 4.08. The van der Waals surface area contributed by atoms with Crippen molar-refractivity contribution in [1.82, 2.24) is 10.3 Å². The van der Waals surface area contributed by atoms with Crippen molar-refractivity contribution in [2.45, 2.75) is 45.2 Å². The van der Waals surface area contributed by atoms with Gasteiger partial charge in [-0.25, -0.2) is 4.98 Å². The molecule has 1 aliphatic heterocycles.